The summed E-state index contributed by atoms with van der Waals surface area (Å²) in [5.41, 5.74) is 0.329. The van der Waals surface area contributed by atoms with E-state index < -0.39 is 23.6 Å². The molecule has 3 nitrogen and oxygen atoms in total. The van der Waals surface area contributed by atoms with E-state index in [0.717, 1.165) is 6.07 Å². The zero-order valence-electron chi connectivity index (χ0n) is 10.2. The summed E-state index contributed by atoms with van der Waals surface area (Å²) in [6.07, 6.45) is 1.60. The minimum atomic E-state index is -1.15. The van der Waals surface area contributed by atoms with Crippen LogP contribution in [0, 0.1) is 11.6 Å². The van der Waals surface area contributed by atoms with Crippen LogP contribution in [0.2, 0.25) is 0 Å². The van der Waals surface area contributed by atoms with E-state index in [0.29, 0.717) is 5.69 Å². The third-order valence-electron chi connectivity index (χ3n) is 2.68. The summed E-state index contributed by atoms with van der Waals surface area (Å²) in [5.74, 6) is -2.86. The number of carbonyl (C=O) groups is 1. The minimum absolute atomic E-state index is 0.317. The number of halogens is 2. The molecule has 1 atom stereocenters. The SMILES string of the molecule is CC(NC(=O)c1cccc(F)c1F)c1ccccn1. The van der Waals surface area contributed by atoms with Crippen molar-refractivity contribution in [2.24, 2.45) is 0 Å². The van der Waals surface area contributed by atoms with Gasteiger partial charge >= 0.3 is 0 Å². The summed E-state index contributed by atoms with van der Waals surface area (Å²) >= 11 is 0. The molecule has 2 rings (SSSR count). The Labute approximate surface area is 109 Å². The van der Waals surface area contributed by atoms with E-state index in [-0.39, 0.29) is 5.56 Å². The Morgan fingerprint density at radius 1 is 1.21 bits per heavy atom. The zero-order chi connectivity index (χ0) is 13.8. The van der Waals surface area contributed by atoms with Crippen LogP contribution in [0.1, 0.15) is 29.0 Å². The highest BCUT2D eigenvalue weighted by atomic mass is 19.2. The maximum Gasteiger partial charge on any atom is 0.254 e. The zero-order valence-corrected chi connectivity index (χ0v) is 10.2. The molecule has 0 saturated carbocycles. The van der Waals surface area contributed by atoms with Gasteiger partial charge in [-0.25, -0.2) is 8.78 Å². The van der Waals surface area contributed by atoms with E-state index in [1.165, 1.54) is 12.1 Å². The quantitative estimate of drug-likeness (QED) is 0.924. The number of hydrogen-bond acceptors (Lipinski definition) is 2. The Kier molecular flexibility index (Phi) is 3.85. The topological polar surface area (TPSA) is 42.0 Å². The highest BCUT2D eigenvalue weighted by Gasteiger charge is 2.17. The Bertz CT molecular complexity index is 587. The first kappa shape index (κ1) is 13.1. The van der Waals surface area contributed by atoms with Gasteiger partial charge in [0.2, 0.25) is 0 Å². The van der Waals surface area contributed by atoms with Crippen LogP contribution in [-0.2, 0) is 0 Å². The molecule has 1 aromatic heterocycles. The molecule has 19 heavy (non-hydrogen) atoms. The molecule has 1 heterocycles. The number of amides is 1. The van der Waals surface area contributed by atoms with E-state index in [9.17, 15) is 13.6 Å². The number of nitrogens with one attached hydrogen (secondary N) is 1. The van der Waals surface area contributed by atoms with Crippen LogP contribution in [-0.4, -0.2) is 10.9 Å². The van der Waals surface area contributed by atoms with Crippen molar-refractivity contribution in [2.75, 3.05) is 0 Å². The van der Waals surface area contributed by atoms with Gasteiger partial charge in [0.05, 0.1) is 17.3 Å². The van der Waals surface area contributed by atoms with Crippen molar-refractivity contribution in [1.29, 1.82) is 0 Å². The van der Waals surface area contributed by atoms with Crippen molar-refractivity contribution in [1.82, 2.24) is 10.3 Å². The molecule has 1 aromatic carbocycles. The number of hydrogen-bond donors (Lipinski definition) is 1. The summed E-state index contributed by atoms with van der Waals surface area (Å²) in [7, 11) is 0. The lowest BCUT2D eigenvalue weighted by atomic mass is 10.1. The number of nitrogens with zero attached hydrogens (tertiary/aromatic N) is 1. The van der Waals surface area contributed by atoms with Gasteiger partial charge in [0.1, 0.15) is 0 Å². The number of carbonyl (C=O) groups excluding carboxylic acids is 1. The molecule has 1 N–H and O–H groups in total. The fourth-order valence-electron chi connectivity index (χ4n) is 1.66. The monoisotopic (exact) mass is 262 g/mol. The number of benzene rings is 1. The van der Waals surface area contributed by atoms with Crippen molar-refractivity contribution in [3.63, 3.8) is 0 Å². The van der Waals surface area contributed by atoms with Crippen molar-refractivity contribution in [2.45, 2.75) is 13.0 Å². The summed E-state index contributed by atoms with van der Waals surface area (Å²) < 4.78 is 26.5. The molecule has 1 unspecified atom stereocenters. The fourth-order valence-corrected chi connectivity index (χ4v) is 1.66. The summed E-state index contributed by atoms with van der Waals surface area (Å²) in [4.78, 5) is 15.9. The van der Waals surface area contributed by atoms with Crippen LogP contribution < -0.4 is 5.32 Å². The standard InChI is InChI=1S/C14H12F2N2O/c1-9(12-7-2-3-8-17-12)18-14(19)10-5-4-6-11(15)13(10)16/h2-9H,1H3,(H,18,19). The summed E-state index contributed by atoms with van der Waals surface area (Å²) in [6, 6.07) is 8.38. The van der Waals surface area contributed by atoms with Gasteiger partial charge in [-0.15, -0.1) is 0 Å². The third kappa shape index (κ3) is 2.93. The molecule has 0 aliphatic carbocycles. The highest BCUT2D eigenvalue weighted by Crippen LogP contribution is 2.14. The third-order valence-corrected chi connectivity index (χ3v) is 2.68. The first-order valence-electron chi connectivity index (χ1n) is 5.75. The predicted molar refractivity (Wildman–Crippen MR) is 66.5 cm³/mol. The normalized spacial score (nSPS) is 11.9. The molecular formula is C14H12F2N2O. The molecule has 5 heteroatoms. The molecule has 1 amide bonds. The Morgan fingerprint density at radius 2 is 2.00 bits per heavy atom. The first-order chi connectivity index (χ1) is 9.09. The van der Waals surface area contributed by atoms with Crippen LogP contribution >= 0.6 is 0 Å². The predicted octanol–water partition coefficient (Wildman–Crippen LogP) is 2.85. The number of rotatable bonds is 3. The molecule has 0 fully saturated rings. The van der Waals surface area contributed by atoms with Gasteiger partial charge in [-0.2, -0.15) is 0 Å². The van der Waals surface area contributed by atoms with E-state index in [1.807, 2.05) is 0 Å². The second-order valence-electron chi connectivity index (χ2n) is 4.05. The molecule has 0 radical (unpaired) electrons. The van der Waals surface area contributed by atoms with Gasteiger partial charge in [0.25, 0.3) is 5.91 Å². The average molecular weight is 262 g/mol. The van der Waals surface area contributed by atoms with E-state index in [4.69, 9.17) is 0 Å². The van der Waals surface area contributed by atoms with Crippen LogP contribution in [0.25, 0.3) is 0 Å². The van der Waals surface area contributed by atoms with Crippen molar-refractivity contribution >= 4 is 5.91 Å². The number of pyridine rings is 1. The second-order valence-corrected chi connectivity index (χ2v) is 4.05. The molecule has 98 valence electrons. The van der Waals surface area contributed by atoms with Gasteiger partial charge in [-0.1, -0.05) is 12.1 Å². The lowest BCUT2D eigenvalue weighted by molar-refractivity contribution is 0.0934. The Morgan fingerprint density at radius 3 is 2.68 bits per heavy atom. The van der Waals surface area contributed by atoms with Gasteiger partial charge in [-0.3, -0.25) is 9.78 Å². The van der Waals surface area contributed by atoms with E-state index >= 15 is 0 Å². The number of aromatic nitrogens is 1. The minimum Gasteiger partial charge on any atom is -0.344 e. The van der Waals surface area contributed by atoms with Crippen molar-refractivity contribution in [3.05, 3.63) is 65.5 Å². The van der Waals surface area contributed by atoms with Gasteiger partial charge in [0, 0.05) is 6.20 Å². The lowest BCUT2D eigenvalue weighted by Gasteiger charge is -2.13. The Hall–Kier alpha value is -2.30. The van der Waals surface area contributed by atoms with Crippen molar-refractivity contribution in [3.8, 4) is 0 Å². The van der Waals surface area contributed by atoms with Crippen LogP contribution in [0.3, 0.4) is 0 Å². The van der Waals surface area contributed by atoms with E-state index in [2.05, 4.69) is 10.3 Å². The fraction of sp³-hybridized carbons (Fsp3) is 0.143. The smallest absolute Gasteiger partial charge is 0.254 e. The van der Waals surface area contributed by atoms with Gasteiger partial charge in [0.15, 0.2) is 11.6 Å². The van der Waals surface area contributed by atoms with Crippen LogP contribution in [0.15, 0.2) is 42.6 Å². The van der Waals surface area contributed by atoms with E-state index in [1.54, 1.807) is 31.3 Å². The molecule has 0 aliphatic heterocycles. The maximum absolute atomic E-state index is 13.5. The molecular weight excluding hydrogens is 250 g/mol. The van der Waals surface area contributed by atoms with Gasteiger partial charge < -0.3 is 5.32 Å². The summed E-state index contributed by atoms with van der Waals surface area (Å²) in [5, 5.41) is 2.57. The Balaban J connectivity index is 2.16. The summed E-state index contributed by atoms with van der Waals surface area (Å²) in [6.45, 7) is 1.72. The van der Waals surface area contributed by atoms with Crippen LogP contribution in [0.4, 0.5) is 8.78 Å². The van der Waals surface area contributed by atoms with Crippen molar-refractivity contribution < 1.29 is 13.6 Å². The molecule has 2 aromatic rings. The molecule has 0 bridgehead atoms. The average Bonchev–Trinajstić information content (AvgIpc) is 2.42. The molecule has 0 saturated heterocycles. The van der Waals surface area contributed by atoms with Gasteiger partial charge in [-0.05, 0) is 31.2 Å². The highest BCUT2D eigenvalue weighted by molar-refractivity contribution is 5.94. The van der Waals surface area contributed by atoms with Crippen LogP contribution in [0.5, 0.6) is 0 Å². The second kappa shape index (κ2) is 5.56. The molecule has 0 spiro atoms. The molecule has 0 aliphatic rings. The maximum atomic E-state index is 13.5. The lowest BCUT2D eigenvalue weighted by Crippen LogP contribution is -2.28. The first-order valence-corrected chi connectivity index (χ1v) is 5.75. The largest absolute Gasteiger partial charge is 0.344 e.